The first kappa shape index (κ1) is 13.8. The molecule has 1 heterocycles. The molecule has 1 aromatic carbocycles. The Morgan fingerprint density at radius 2 is 2.00 bits per heavy atom. The molecule has 4 nitrogen and oxygen atoms in total. The zero-order valence-corrected chi connectivity index (χ0v) is 13.0. The van der Waals surface area contributed by atoms with Crippen LogP contribution < -0.4 is 9.46 Å². The van der Waals surface area contributed by atoms with E-state index >= 15 is 0 Å². The van der Waals surface area contributed by atoms with Gasteiger partial charge in [0.1, 0.15) is 10.6 Å². The van der Waals surface area contributed by atoms with E-state index in [2.05, 4.69) is 20.7 Å². The van der Waals surface area contributed by atoms with Gasteiger partial charge in [-0.3, -0.25) is 0 Å². The summed E-state index contributed by atoms with van der Waals surface area (Å²) in [6.45, 7) is 5.96. The van der Waals surface area contributed by atoms with Crippen LogP contribution in [0, 0.1) is 0 Å². The van der Waals surface area contributed by atoms with Gasteiger partial charge in [-0.25, -0.2) is 13.1 Å². The third-order valence-corrected chi connectivity index (χ3v) is 4.67. The summed E-state index contributed by atoms with van der Waals surface area (Å²) in [4.78, 5) is 0.208. The summed E-state index contributed by atoms with van der Waals surface area (Å²) in [6, 6.07) is 3.48. The SMILES string of the molecule is CC(C)(C)NS(=O)(=O)c1cc(Br)cc2c1OCC2. The standard InChI is InChI=1S/C12H16BrNO3S/c1-12(2,3)14-18(15,16)10-7-9(13)6-8-4-5-17-11(8)10/h6-7,14H,4-5H2,1-3H3. The van der Waals surface area contributed by atoms with Gasteiger partial charge >= 0.3 is 0 Å². The fourth-order valence-corrected chi connectivity index (χ4v) is 4.18. The van der Waals surface area contributed by atoms with Crippen LogP contribution in [0.15, 0.2) is 21.5 Å². The lowest BCUT2D eigenvalue weighted by atomic mass is 10.1. The normalized spacial score (nSPS) is 15.3. The van der Waals surface area contributed by atoms with Crippen LogP contribution in [0.2, 0.25) is 0 Å². The Bertz CT molecular complexity index is 576. The summed E-state index contributed by atoms with van der Waals surface area (Å²) in [5, 5.41) is 0. The van der Waals surface area contributed by atoms with Gasteiger partial charge in [-0.15, -0.1) is 0 Å². The lowest BCUT2D eigenvalue weighted by molar-refractivity contribution is 0.348. The second kappa shape index (κ2) is 4.51. The van der Waals surface area contributed by atoms with Crippen molar-refractivity contribution in [2.24, 2.45) is 0 Å². The highest BCUT2D eigenvalue weighted by atomic mass is 79.9. The molecule has 6 heteroatoms. The molecule has 2 rings (SSSR count). The highest BCUT2D eigenvalue weighted by Crippen LogP contribution is 2.36. The average molecular weight is 334 g/mol. The minimum Gasteiger partial charge on any atom is -0.492 e. The first-order valence-electron chi connectivity index (χ1n) is 5.68. The van der Waals surface area contributed by atoms with Crippen LogP contribution >= 0.6 is 15.9 Å². The van der Waals surface area contributed by atoms with Crippen molar-refractivity contribution in [2.75, 3.05) is 6.61 Å². The number of hydrogen-bond donors (Lipinski definition) is 1. The fourth-order valence-electron chi connectivity index (χ4n) is 1.89. The molecule has 1 N–H and O–H groups in total. The zero-order chi connectivity index (χ0) is 13.6. The summed E-state index contributed by atoms with van der Waals surface area (Å²) < 4.78 is 33.5. The van der Waals surface area contributed by atoms with Gasteiger partial charge in [0.2, 0.25) is 10.0 Å². The number of hydrogen-bond acceptors (Lipinski definition) is 3. The minimum atomic E-state index is -3.57. The van der Waals surface area contributed by atoms with Crippen molar-refractivity contribution in [1.29, 1.82) is 0 Å². The third kappa shape index (κ3) is 2.87. The number of fused-ring (bicyclic) bond motifs is 1. The lowest BCUT2D eigenvalue weighted by Gasteiger charge is -2.21. The van der Waals surface area contributed by atoms with Gasteiger partial charge in [-0.1, -0.05) is 15.9 Å². The van der Waals surface area contributed by atoms with E-state index in [-0.39, 0.29) is 4.90 Å². The lowest BCUT2D eigenvalue weighted by Crippen LogP contribution is -2.40. The van der Waals surface area contributed by atoms with Crippen LogP contribution in [0.5, 0.6) is 5.75 Å². The minimum absolute atomic E-state index is 0.208. The van der Waals surface area contributed by atoms with Gasteiger partial charge in [0, 0.05) is 22.0 Å². The summed E-state index contributed by atoms with van der Waals surface area (Å²) in [5.41, 5.74) is 0.408. The second-order valence-electron chi connectivity index (χ2n) is 5.35. The molecular weight excluding hydrogens is 318 g/mol. The third-order valence-electron chi connectivity index (χ3n) is 2.44. The predicted octanol–water partition coefficient (Wildman–Crippen LogP) is 2.46. The van der Waals surface area contributed by atoms with Gasteiger partial charge < -0.3 is 4.74 Å². The van der Waals surface area contributed by atoms with Crippen LogP contribution in [0.4, 0.5) is 0 Å². The van der Waals surface area contributed by atoms with Gasteiger partial charge in [0.05, 0.1) is 6.61 Å². The van der Waals surface area contributed by atoms with Gasteiger partial charge in [0.15, 0.2) is 0 Å². The molecule has 18 heavy (non-hydrogen) atoms. The molecule has 0 saturated carbocycles. The maximum absolute atomic E-state index is 12.3. The Hall–Kier alpha value is -0.590. The summed E-state index contributed by atoms with van der Waals surface area (Å²) >= 11 is 3.34. The topological polar surface area (TPSA) is 55.4 Å². The van der Waals surface area contributed by atoms with Gasteiger partial charge in [-0.05, 0) is 32.9 Å². The molecule has 0 saturated heterocycles. The van der Waals surface area contributed by atoms with E-state index in [1.54, 1.807) is 6.07 Å². The zero-order valence-electron chi connectivity index (χ0n) is 10.6. The van der Waals surface area contributed by atoms with Crippen molar-refractivity contribution in [1.82, 2.24) is 4.72 Å². The Labute approximate surface area is 116 Å². The van der Waals surface area contributed by atoms with Crippen molar-refractivity contribution in [2.45, 2.75) is 37.6 Å². The quantitative estimate of drug-likeness (QED) is 0.904. The average Bonchev–Trinajstić information content (AvgIpc) is 2.59. The second-order valence-corrected chi connectivity index (χ2v) is 7.91. The Balaban J connectivity index is 2.52. The smallest absolute Gasteiger partial charge is 0.244 e. The molecular formula is C12H16BrNO3S. The van der Waals surface area contributed by atoms with E-state index < -0.39 is 15.6 Å². The molecule has 0 amide bonds. The molecule has 1 aromatic rings. The molecule has 1 aliphatic rings. The number of nitrogens with one attached hydrogen (secondary N) is 1. The predicted molar refractivity (Wildman–Crippen MR) is 73.4 cm³/mol. The molecule has 0 unspecified atom stereocenters. The van der Waals surface area contributed by atoms with E-state index in [4.69, 9.17) is 4.74 Å². The van der Waals surface area contributed by atoms with E-state index in [9.17, 15) is 8.42 Å². The molecule has 0 aliphatic carbocycles. The Kier molecular flexibility index (Phi) is 3.46. The first-order valence-corrected chi connectivity index (χ1v) is 7.96. The van der Waals surface area contributed by atoms with E-state index in [0.717, 1.165) is 16.5 Å². The molecule has 0 fully saturated rings. The van der Waals surface area contributed by atoms with Crippen molar-refractivity contribution >= 4 is 26.0 Å². The highest BCUT2D eigenvalue weighted by molar-refractivity contribution is 9.10. The van der Waals surface area contributed by atoms with Gasteiger partial charge in [0.25, 0.3) is 0 Å². The van der Waals surface area contributed by atoms with E-state index in [1.807, 2.05) is 26.8 Å². The Morgan fingerprint density at radius 3 is 2.61 bits per heavy atom. The van der Waals surface area contributed by atoms with E-state index in [0.29, 0.717) is 12.4 Å². The molecule has 0 aromatic heterocycles. The van der Waals surface area contributed by atoms with Crippen LogP contribution in [0.3, 0.4) is 0 Å². The first-order chi connectivity index (χ1) is 8.19. The maximum Gasteiger partial charge on any atom is 0.244 e. The number of halogens is 1. The highest BCUT2D eigenvalue weighted by Gasteiger charge is 2.29. The molecule has 1 aliphatic heterocycles. The number of ether oxygens (including phenoxy) is 1. The summed E-state index contributed by atoms with van der Waals surface area (Å²) in [5.74, 6) is 0.481. The van der Waals surface area contributed by atoms with Crippen molar-refractivity contribution < 1.29 is 13.2 Å². The molecule has 0 bridgehead atoms. The monoisotopic (exact) mass is 333 g/mol. The van der Waals surface area contributed by atoms with Crippen molar-refractivity contribution in [3.63, 3.8) is 0 Å². The van der Waals surface area contributed by atoms with Crippen LogP contribution in [-0.4, -0.2) is 20.6 Å². The number of benzene rings is 1. The van der Waals surface area contributed by atoms with Crippen LogP contribution in [0.1, 0.15) is 26.3 Å². The Morgan fingerprint density at radius 1 is 1.33 bits per heavy atom. The van der Waals surface area contributed by atoms with Gasteiger partial charge in [-0.2, -0.15) is 0 Å². The van der Waals surface area contributed by atoms with Crippen LogP contribution in [0.25, 0.3) is 0 Å². The molecule has 0 atom stereocenters. The van der Waals surface area contributed by atoms with Crippen molar-refractivity contribution in [3.8, 4) is 5.75 Å². The maximum atomic E-state index is 12.3. The molecule has 0 spiro atoms. The molecule has 100 valence electrons. The van der Waals surface area contributed by atoms with Crippen LogP contribution in [-0.2, 0) is 16.4 Å². The van der Waals surface area contributed by atoms with E-state index in [1.165, 1.54) is 0 Å². The molecule has 0 radical (unpaired) electrons. The largest absolute Gasteiger partial charge is 0.492 e. The number of rotatable bonds is 2. The summed E-state index contributed by atoms with van der Waals surface area (Å²) in [7, 11) is -3.57. The fraction of sp³-hybridized carbons (Fsp3) is 0.500. The summed E-state index contributed by atoms with van der Waals surface area (Å²) in [6.07, 6.45) is 0.743. The van der Waals surface area contributed by atoms with Crippen molar-refractivity contribution in [3.05, 3.63) is 22.2 Å². The number of sulfonamides is 1.